The fourth-order valence-corrected chi connectivity index (χ4v) is 3.74. The number of hydrogen-bond donors (Lipinski definition) is 2. The molecule has 1 amide bonds. The van der Waals surface area contributed by atoms with Crippen LogP contribution < -0.4 is 5.32 Å². The van der Waals surface area contributed by atoms with E-state index in [-0.39, 0.29) is 17.4 Å². The summed E-state index contributed by atoms with van der Waals surface area (Å²) in [5.41, 5.74) is -0.0640. The number of carbonyl (C=O) groups is 1. The second-order valence-electron chi connectivity index (χ2n) is 4.81. The maximum atomic E-state index is 12.2. The molecule has 1 aromatic rings. The van der Waals surface area contributed by atoms with Crippen molar-refractivity contribution < 1.29 is 9.72 Å². The Hall–Kier alpha value is -1.57. The second kappa shape index (κ2) is 6.25. The van der Waals surface area contributed by atoms with Crippen LogP contribution in [0.3, 0.4) is 0 Å². The van der Waals surface area contributed by atoms with E-state index in [0.717, 1.165) is 25.0 Å². The van der Waals surface area contributed by atoms with Crippen molar-refractivity contribution in [2.24, 2.45) is 0 Å². The lowest BCUT2D eigenvalue weighted by Crippen LogP contribution is -2.39. The number of carbonyl (C=O) groups excluding carboxylic acids is 1. The summed E-state index contributed by atoms with van der Waals surface area (Å²) in [7, 11) is 0. The van der Waals surface area contributed by atoms with Crippen molar-refractivity contribution in [3.05, 3.63) is 21.5 Å². The predicted molar refractivity (Wildman–Crippen MR) is 77.0 cm³/mol. The summed E-state index contributed by atoms with van der Waals surface area (Å²) >= 11 is 1.82. The number of thioether (sulfide) groups is 1. The van der Waals surface area contributed by atoms with Gasteiger partial charge in [0, 0.05) is 11.3 Å². The van der Waals surface area contributed by atoms with Crippen LogP contribution in [0.4, 0.5) is 5.69 Å². The molecule has 0 aliphatic heterocycles. The van der Waals surface area contributed by atoms with Crippen LogP contribution in [0.15, 0.2) is 0 Å². The fraction of sp³-hybridized carbons (Fsp3) is 0.667. The Labute approximate surface area is 121 Å². The molecular weight excluding hydrogens is 280 g/mol. The Balaban J connectivity index is 2.10. The van der Waals surface area contributed by atoms with Crippen molar-refractivity contribution in [2.45, 2.75) is 44.4 Å². The van der Waals surface area contributed by atoms with Crippen molar-refractivity contribution in [3.8, 4) is 0 Å². The van der Waals surface area contributed by atoms with E-state index in [4.69, 9.17) is 0 Å². The average molecular weight is 298 g/mol. The van der Waals surface area contributed by atoms with Gasteiger partial charge in [0.25, 0.3) is 5.91 Å². The number of aryl methyl sites for hydroxylation is 1. The van der Waals surface area contributed by atoms with Gasteiger partial charge in [-0.25, -0.2) is 0 Å². The van der Waals surface area contributed by atoms with Gasteiger partial charge in [-0.05, 0) is 25.5 Å². The number of aromatic nitrogens is 2. The Kier molecular flexibility index (Phi) is 4.64. The topological polar surface area (TPSA) is 101 Å². The molecular formula is C12H18N4O3S. The minimum Gasteiger partial charge on any atom is -0.347 e. The number of aromatic amines is 1. The standard InChI is InChI=1S/C12H18N4O3S/c1-3-20-9-6-4-5-8(9)13-12(17)10-11(16(18)19)7(2)14-15-10/h8-9H,3-6H2,1-2H3,(H,13,17)(H,14,15)/t8-,9+/m1/s1. The third-order valence-electron chi connectivity index (χ3n) is 3.46. The summed E-state index contributed by atoms with van der Waals surface area (Å²) in [5, 5.41) is 20.5. The number of H-pyrrole nitrogens is 1. The zero-order chi connectivity index (χ0) is 14.7. The Bertz CT molecular complexity index is 517. The molecule has 0 aromatic carbocycles. The van der Waals surface area contributed by atoms with Gasteiger partial charge in [-0.15, -0.1) is 0 Å². The molecule has 20 heavy (non-hydrogen) atoms. The van der Waals surface area contributed by atoms with E-state index in [2.05, 4.69) is 22.4 Å². The molecule has 8 heteroatoms. The summed E-state index contributed by atoms with van der Waals surface area (Å²) in [4.78, 5) is 22.6. The van der Waals surface area contributed by atoms with Crippen LogP contribution in [0.2, 0.25) is 0 Å². The molecule has 1 aliphatic carbocycles. The summed E-state index contributed by atoms with van der Waals surface area (Å²) in [5.74, 6) is 0.535. The van der Waals surface area contributed by atoms with E-state index in [1.807, 2.05) is 11.8 Å². The normalized spacial score (nSPS) is 21.9. The summed E-state index contributed by atoms with van der Waals surface area (Å²) in [6.07, 6.45) is 3.07. The quantitative estimate of drug-likeness (QED) is 0.640. The largest absolute Gasteiger partial charge is 0.347 e. The molecule has 1 heterocycles. The zero-order valence-corrected chi connectivity index (χ0v) is 12.3. The predicted octanol–water partition coefficient (Wildman–Crippen LogP) is 2.03. The minimum atomic E-state index is -0.569. The summed E-state index contributed by atoms with van der Waals surface area (Å²) in [6, 6.07) is 0.0732. The molecule has 7 nitrogen and oxygen atoms in total. The molecule has 0 spiro atoms. The third-order valence-corrected chi connectivity index (χ3v) is 4.79. The summed E-state index contributed by atoms with van der Waals surface area (Å²) < 4.78 is 0. The van der Waals surface area contributed by atoms with Gasteiger partial charge in [-0.1, -0.05) is 13.3 Å². The van der Waals surface area contributed by atoms with E-state index < -0.39 is 10.8 Å². The lowest BCUT2D eigenvalue weighted by molar-refractivity contribution is -0.385. The first-order chi connectivity index (χ1) is 9.54. The van der Waals surface area contributed by atoms with E-state index in [1.54, 1.807) is 0 Å². The van der Waals surface area contributed by atoms with Crippen LogP contribution in [-0.4, -0.2) is 38.1 Å². The van der Waals surface area contributed by atoms with Crippen molar-refractivity contribution >= 4 is 23.4 Å². The SMILES string of the molecule is CCS[C@H]1CCC[C@H]1NC(=O)c1n[nH]c(C)c1[N+](=O)[O-]. The third kappa shape index (κ3) is 2.95. The second-order valence-corrected chi connectivity index (χ2v) is 6.32. The Morgan fingerprint density at radius 3 is 3.00 bits per heavy atom. The highest BCUT2D eigenvalue weighted by molar-refractivity contribution is 7.99. The lowest BCUT2D eigenvalue weighted by atomic mass is 10.2. The van der Waals surface area contributed by atoms with Crippen LogP contribution in [0.1, 0.15) is 42.4 Å². The van der Waals surface area contributed by atoms with Gasteiger partial charge in [-0.3, -0.25) is 20.0 Å². The van der Waals surface area contributed by atoms with E-state index in [0.29, 0.717) is 10.9 Å². The number of nitrogens with zero attached hydrogens (tertiary/aromatic N) is 2. The van der Waals surface area contributed by atoms with Gasteiger partial charge in [0.1, 0.15) is 5.69 Å². The average Bonchev–Trinajstić information content (AvgIpc) is 2.97. The zero-order valence-electron chi connectivity index (χ0n) is 11.5. The van der Waals surface area contributed by atoms with Crippen molar-refractivity contribution in [1.29, 1.82) is 0 Å². The van der Waals surface area contributed by atoms with Gasteiger partial charge in [0.05, 0.1) is 4.92 Å². The molecule has 2 N–H and O–H groups in total. The highest BCUT2D eigenvalue weighted by atomic mass is 32.2. The van der Waals surface area contributed by atoms with Crippen LogP contribution >= 0.6 is 11.8 Å². The Morgan fingerprint density at radius 2 is 2.35 bits per heavy atom. The maximum absolute atomic E-state index is 12.2. The van der Waals surface area contributed by atoms with Gasteiger partial charge in [-0.2, -0.15) is 16.9 Å². The number of amides is 1. The molecule has 2 atom stereocenters. The molecule has 2 rings (SSSR count). The van der Waals surface area contributed by atoms with Gasteiger partial charge < -0.3 is 5.32 Å². The number of nitrogens with one attached hydrogen (secondary N) is 2. The van der Waals surface area contributed by atoms with Crippen LogP contribution in [0.25, 0.3) is 0 Å². The van der Waals surface area contributed by atoms with Gasteiger partial charge in [0.2, 0.25) is 5.69 Å². The fourth-order valence-electron chi connectivity index (χ4n) is 2.55. The molecule has 110 valence electrons. The van der Waals surface area contributed by atoms with Crippen molar-refractivity contribution in [3.63, 3.8) is 0 Å². The molecule has 0 unspecified atom stereocenters. The first-order valence-corrected chi connectivity index (χ1v) is 7.71. The number of hydrogen-bond acceptors (Lipinski definition) is 5. The highest BCUT2D eigenvalue weighted by Gasteiger charge is 2.32. The van der Waals surface area contributed by atoms with Gasteiger partial charge in [0.15, 0.2) is 0 Å². The van der Waals surface area contributed by atoms with Crippen LogP contribution in [-0.2, 0) is 0 Å². The first kappa shape index (κ1) is 14.8. The number of rotatable bonds is 5. The van der Waals surface area contributed by atoms with Crippen LogP contribution in [0.5, 0.6) is 0 Å². The summed E-state index contributed by atoms with van der Waals surface area (Å²) in [6.45, 7) is 3.62. The molecule has 1 fully saturated rings. The molecule has 0 radical (unpaired) electrons. The molecule has 0 bridgehead atoms. The number of nitro groups is 1. The van der Waals surface area contributed by atoms with E-state index in [9.17, 15) is 14.9 Å². The smallest absolute Gasteiger partial charge is 0.322 e. The van der Waals surface area contributed by atoms with Crippen LogP contribution in [0, 0.1) is 17.0 Å². The Morgan fingerprint density at radius 1 is 1.60 bits per heavy atom. The molecule has 1 aromatic heterocycles. The van der Waals surface area contributed by atoms with Crippen molar-refractivity contribution in [2.75, 3.05) is 5.75 Å². The highest BCUT2D eigenvalue weighted by Crippen LogP contribution is 2.30. The molecule has 1 saturated carbocycles. The molecule has 1 aliphatic rings. The van der Waals surface area contributed by atoms with E-state index in [1.165, 1.54) is 6.92 Å². The minimum absolute atomic E-state index is 0.0732. The first-order valence-electron chi connectivity index (χ1n) is 6.66. The van der Waals surface area contributed by atoms with E-state index >= 15 is 0 Å². The molecule has 0 saturated heterocycles. The van der Waals surface area contributed by atoms with Crippen molar-refractivity contribution in [1.82, 2.24) is 15.5 Å². The van der Waals surface area contributed by atoms with Gasteiger partial charge >= 0.3 is 5.69 Å². The maximum Gasteiger partial charge on any atom is 0.322 e. The monoisotopic (exact) mass is 298 g/mol. The lowest BCUT2D eigenvalue weighted by Gasteiger charge is -2.19.